The van der Waals surface area contributed by atoms with Crippen molar-refractivity contribution in [3.8, 4) is 11.5 Å². The quantitative estimate of drug-likeness (QED) is 0.308. The van der Waals surface area contributed by atoms with Crippen LogP contribution in [0.3, 0.4) is 0 Å². The van der Waals surface area contributed by atoms with E-state index in [0.29, 0.717) is 25.7 Å². The van der Waals surface area contributed by atoms with E-state index >= 15 is 0 Å². The normalized spacial score (nSPS) is 41.6. The van der Waals surface area contributed by atoms with Crippen LogP contribution in [0.2, 0.25) is 0 Å². The van der Waals surface area contributed by atoms with E-state index in [-0.39, 0.29) is 41.0 Å². The highest BCUT2D eigenvalue weighted by atomic mass is 16.5. The summed E-state index contributed by atoms with van der Waals surface area (Å²) in [6, 6.07) is 4.16. The number of methoxy groups -OCH3 is 1. The number of allylic oxidation sites excluding steroid dienone is 4. The van der Waals surface area contributed by atoms with Crippen LogP contribution in [-0.2, 0) is 31.1 Å². The summed E-state index contributed by atoms with van der Waals surface area (Å²) in [5.74, 6) is 0.972. The third kappa shape index (κ3) is 5.46. The largest absolute Gasteiger partial charge is 0.493 e. The second-order valence-electron chi connectivity index (χ2n) is 16.8. The number of hydrogen-bond donors (Lipinski definition) is 3. The first-order chi connectivity index (χ1) is 24.1. The van der Waals surface area contributed by atoms with Crippen molar-refractivity contribution in [1.29, 1.82) is 0 Å². The minimum Gasteiger partial charge on any atom is -0.493 e. The predicted molar refractivity (Wildman–Crippen MR) is 189 cm³/mol. The Labute approximate surface area is 300 Å². The number of aliphatic hydroxyl groups is 3. The summed E-state index contributed by atoms with van der Waals surface area (Å²) in [6.07, 6.45) is 12.1. The highest BCUT2D eigenvalue weighted by Crippen LogP contribution is 2.68. The Hall–Kier alpha value is -3.31. The Morgan fingerprint density at radius 1 is 1.12 bits per heavy atom. The van der Waals surface area contributed by atoms with E-state index < -0.39 is 47.0 Å². The molecule has 0 unspecified atom stereocenters. The molecule has 0 radical (unpaired) electrons. The summed E-state index contributed by atoms with van der Waals surface area (Å²) < 4.78 is 16.6. The van der Waals surface area contributed by atoms with Crippen LogP contribution in [0.25, 0.3) is 0 Å². The number of Topliss-reactive ketones (excluding diaryl/α,β-unsaturated/α-hetero) is 1. The summed E-state index contributed by atoms with van der Waals surface area (Å²) >= 11 is 0. The van der Waals surface area contributed by atoms with Crippen molar-refractivity contribution in [3.63, 3.8) is 0 Å². The molecule has 1 aromatic rings. The summed E-state index contributed by atoms with van der Waals surface area (Å²) in [5.41, 5.74) is 0.767. The van der Waals surface area contributed by atoms with Gasteiger partial charge in [0.2, 0.25) is 5.78 Å². The fourth-order valence-electron chi connectivity index (χ4n) is 11.6. The SMILES string of the molecule is CC(=O)OCC(=O)[C@@]1(O)CC[C@H]2[C@@H]3C[C@H](C)C4=CC(=O)C=C[C@]4(C)[C@H]3[C@@H](O)C[C@@]21C.COc1ccc2c3c1O[C@H]1C[C@@H](O)C=C[C@@]31CCN(C)C2. The molecule has 11 atom stereocenters. The number of aliphatic hydroxyl groups excluding tert-OH is 2. The molecule has 0 bridgehead atoms. The van der Waals surface area contributed by atoms with Gasteiger partial charge in [-0.3, -0.25) is 14.4 Å². The average molecular weight is 704 g/mol. The topological polar surface area (TPSA) is 143 Å². The van der Waals surface area contributed by atoms with E-state index in [1.54, 1.807) is 19.3 Å². The highest BCUT2D eigenvalue weighted by Gasteiger charge is 2.68. The molecule has 7 aliphatic rings. The molecule has 3 saturated carbocycles. The highest BCUT2D eigenvalue weighted by molar-refractivity contribution is 6.01. The maximum Gasteiger partial charge on any atom is 0.303 e. The molecule has 1 aromatic carbocycles. The average Bonchev–Trinajstić information content (AvgIpc) is 3.50. The zero-order valence-corrected chi connectivity index (χ0v) is 30.7. The van der Waals surface area contributed by atoms with Crippen molar-refractivity contribution in [1.82, 2.24) is 4.90 Å². The maximum absolute atomic E-state index is 12.9. The van der Waals surface area contributed by atoms with Crippen LogP contribution in [0.4, 0.5) is 0 Å². The van der Waals surface area contributed by atoms with Gasteiger partial charge < -0.3 is 34.4 Å². The van der Waals surface area contributed by atoms with Crippen LogP contribution in [0.5, 0.6) is 11.5 Å². The van der Waals surface area contributed by atoms with Crippen molar-refractivity contribution in [2.24, 2.45) is 34.5 Å². The van der Waals surface area contributed by atoms with Gasteiger partial charge in [0.25, 0.3) is 0 Å². The second-order valence-corrected chi connectivity index (χ2v) is 16.8. The van der Waals surface area contributed by atoms with E-state index in [0.717, 1.165) is 43.0 Å². The third-order valence-corrected chi connectivity index (χ3v) is 14.0. The van der Waals surface area contributed by atoms with Crippen LogP contribution < -0.4 is 9.47 Å². The van der Waals surface area contributed by atoms with Gasteiger partial charge in [0.05, 0.1) is 24.7 Å². The Bertz CT molecular complexity index is 1720. The van der Waals surface area contributed by atoms with Crippen LogP contribution >= 0.6 is 0 Å². The number of fused-ring (bicyclic) bond motifs is 5. The zero-order chi connectivity index (χ0) is 36.7. The van der Waals surface area contributed by atoms with Gasteiger partial charge in [-0.1, -0.05) is 50.6 Å². The first-order valence-corrected chi connectivity index (χ1v) is 18.5. The molecule has 10 nitrogen and oxygen atoms in total. The number of ketones is 2. The lowest BCUT2D eigenvalue weighted by atomic mass is 9.45. The predicted octanol–water partition coefficient (Wildman–Crippen LogP) is 4.22. The molecule has 0 saturated heterocycles. The maximum atomic E-state index is 12.9. The molecule has 0 amide bonds. The first kappa shape index (κ1) is 36.1. The number of esters is 1. The lowest BCUT2D eigenvalue weighted by molar-refractivity contribution is -0.182. The van der Waals surface area contributed by atoms with E-state index in [1.807, 2.05) is 25.1 Å². The summed E-state index contributed by atoms with van der Waals surface area (Å²) in [6.45, 7) is 8.89. The lowest BCUT2D eigenvalue weighted by Crippen LogP contribution is -2.62. The number of hydrogen-bond acceptors (Lipinski definition) is 10. The number of nitrogens with zero attached hydrogens (tertiary/aromatic N) is 1. The number of rotatable bonds is 4. The van der Waals surface area contributed by atoms with Gasteiger partial charge >= 0.3 is 5.97 Å². The van der Waals surface area contributed by atoms with Crippen molar-refractivity contribution in [2.75, 3.05) is 27.3 Å². The standard InChI is InChI=1S/C24H32O6.C17H21NO3/c1-13-9-16-17-6-8-24(29,20(28)12-30-14(2)25)23(17,4)11-19(27)21(16)22(3)7-5-15(26)10-18(13)22;1-18-8-7-17-6-5-12(19)9-14(17)21-16-13(20-2)4-3-11(10-18)15(16)17/h5,7,10,13,16-17,19,21,27,29H,6,8-9,11-12H2,1-4H3;3-6,12,14,19H,7-10H2,1-2H3/t13-,16-,17-,19-,21+,22-,23-,24-;12-,14-,17-/m00/s1. The smallest absolute Gasteiger partial charge is 0.303 e. The molecule has 10 heteroatoms. The fourth-order valence-corrected chi connectivity index (χ4v) is 11.6. The number of benzene rings is 1. The van der Waals surface area contributed by atoms with E-state index in [4.69, 9.17) is 14.2 Å². The van der Waals surface area contributed by atoms with Gasteiger partial charge in [-0.05, 0) is 87.2 Å². The minimum atomic E-state index is -1.61. The summed E-state index contributed by atoms with van der Waals surface area (Å²) in [5, 5.41) is 32.8. The summed E-state index contributed by atoms with van der Waals surface area (Å²) in [7, 11) is 3.84. The number of ether oxygens (including phenoxy) is 3. The Balaban J connectivity index is 0.000000169. The van der Waals surface area contributed by atoms with Crippen molar-refractivity contribution in [3.05, 3.63) is 59.2 Å². The van der Waals surface area contributed by atoms with E-state index in [2.05, 4.69) is 37.9 Å². The molecular weight excluding hydrogens is 650 g/mol. The molecule has 3 fully saturated rings. The van der Waals surface area contributed by atoms with Crippen LogP contribution in [-0.4, -0.2) is 89.0 Å². The van der Waals surface area contributed by atoms with Gasteiger partial charge in [-0.15, -0.1) is 0 Å². The van der Waals surface area contributed by atoms with Gasteiger partial charge in [0, 0.05) is 42.2 Å². The minimum absolute atomic E-state index is 0.00535. The van der Waals surface area contributed by atoms with E-state index in [1.165, 1.54) is 18.1 Å². The molecule has 5 aliphatic carbocycles. The Morgan fingerprint density at radius 2 is 1.88 bits per heavy atom. The van der Waals surface area contributed by atoms with Gasteiger partial charge in [0.15, 0.2) is 23.9 Å². The molecule has 2 aliphatic heterocycles. The summed E-state index contributed by atoms with van der Waals surface area (Å²) in [4.78, 5) is 38.5. The van der Waals surface area contributed by atoms with Crippen LogP contribution in [0.15, 0.2) is 48.1 Å². The van der Waals surface area contributed by atoms with Gasteiger partial charge in [-0.2, -0.15) is 0 Å². The lowest BCUT2D eigenvalue weighted by Gasteiger charge is -2.60. The first-order valence-electron chi connectivity index (χ1n) is 18.5. The van der Waals surface area contributed by atoms with Gasteiger partial charge in [0.1, 0.15) is 11.7 Å². The molecule has 1 spiro atoms. The monoisotopic (exact) mass is 703 g/mol. The van der Waals surface area contributed by atoms with Crippen LogP contribution in [0.1, 0.15) is 77.3 Å². The number of carbonyl (C=O) groups excluding carboxylic acids is 3. The third-order valence-electron chi connectivity index (χ3n) is 14.0. The Kier molecular flexibility index (Phi) is 8.96. The van der Waals surface area contributed by atoms with Crippen molar-refractivity contribution >= 4 is 17.5 Å². The Morgan fingerprint density at radius 3 is 2.61 bits per heavy atom. The number of carbonyl (C=O) groups is 3. The van der Waals surface area contributed by atoms with Gasteiger partial charge in [-0.25, -0.2) is 0 Å². The molecular formula is C41H53NO9. The zero-order valence-electron chi connectivity index (χ0n) is 30.7. The van der Waals surface area contributed by atoms with Crippen molar-refractivity contribution in [2.45, 2.75) is 102 Å². The molecule has 2 heterocycles. The molecule has 0 aromatic heterocycles. The molecule has 276 valence electrons. The second kappa shape index (κ2) is 12.7. The molecule has 3 N–H and O–H groups in total. The molecule has 8 rings (SSSR count). The fraction of sp³-hybridized carbons (Fsp3) is 0.634. The van der Waals surface area contributed by atoms with Crippen LogP contribution in [0, 0.1) is 34.5 Å². The van der Waals surface area contributed by atoms with E-state index in [9.17, 15) is 29.7 Å². The molecule has 51 heavy (non-hydrogen) atoms. The van der Waals surface area contributed by atoms with Crippen molar-refractivity contribution < 1.29 is 43.9 Å².